The molecule has 0 aliphatic heterocycles. The predicted octanol–water partition coefficient (Wildman–Crippen LogP) is 5.92. The molecular formula is C30H21N5O5. The Kier molecular flexibility index (Phi) is 4.30. The second-order valence-electron chi connectivity index (χ2n) is 9.68. The first-order valence-electron chi connectivity index (χ1n) is 12.7. The minimum atomic E-state index is -0.392. The smallest absolute Gasteiger partial charge is 0.332 e. The van der Waals surface area contributed by atoms with Gasteiger partial charge in [0.1, 0.15) is 0 Å². The van der Waals surface area contributed by atoms with Crippen LogP contribution < -0.4 is 0 Å². The van der Waals surface area contributed by atoms with E-state index in [4.69, 9.17) is 4.42 Å². The van der Waals surface area contributed by atoms with Gasteiger partial charge in [0.2, 0.25) is 29.4 Å². The van der Waals surface area contributed by atoms with Crippen molar-refractivity contribution in [2.75, 3.05) is 0 Å². The second-order valence-corrected chi connectivity index (χ2v) is 9.68. The third kappa shape index (κ3) is 2.66. The van der Waals surface area contributed by atoms with Crippen LogP contribution in [-0.4, -0.2) is 44.3 Å². The number of nitrogens with zero attached hydrogens (tertiary/aromatic N) is 5. The van der Waals surface area contributed by atoms with Crippen molar-refractivity contribution in [3.8, 4) is 68.9 Å². The number of aromatic hydroxyl groups is 4. The van der Waals surface area contributed by atoms with Gasteiger partial charge in [-0.15, -0.1) is 5.10 Å². The van der Waals surface area contributed by atoms with E-state index in [1.165, 1.54) is 4.57 Å². The number of rotatable bonds is 4. The number of hydrogen-bond acceptors (Lipinski definition) is 7. The monoisotopic (exact) mass is 531 g/mol. The molecule has 10 heteroatoms. The number of benzene rings is 3. The summed E-state index contributed by atoms with van der Waals surface area (Å²) in [6.45, 7) is 2.88. The first kappa shape index (κ1) is 22.4. The summed E-state index contributed by atoms with van der Waals surface area (Å²) < 4.78 is 10.2. The number of para-hydroxylation sites is 1. The van der Waals surface area contributed by atoms with Crippen LogP contribution in [0.4, 0.5) is 0 Å². The fourth-order valence-corrected chi connectivity index (χ4v) is 5.93. The molecule has 4 aromatic heterocycles. The quantitative estimate of drug-likeness (QED) is 0.222. The van der Waals surface area contributed by atoms with Crippen LogP contribution in [0, 0.1) is 0 Å². The van der Waals surface area contributed by atoms with Crippen molar-refractivity contribution >= 4 is 21.8 Å². The lowest BCUT2D eigenvalue weighted by molar-refractivity contribution is 0.381. The minimum absolute atomic E-state index is 0.156. The maximum atomic E-state index is 11.3. The molecule has 0 unspecified atom stereocenters. The highest BCUT2D eigenvalue weighted by atomic mass is 16.4. The lowest BCUT2D eigenvalue weighted by Gasteiger charge is -2.14. The zero-order chi connectivity index (χ0) is 27.3. The van der Waals surface area contributed by atoms with Gasteiger partial charge in [-0.2, -0.15) is 0 Å². The molecule has 196 valence electrons. The lowest BCUT2D eigenvalue weighted by atomic mass is 9.86. The van der Waals surface area contributed by atoms with Crippen molar-refractivity contribution in [2.24, 2.45) is 0 Å². The van der Waals surface area contributed by atoms with E-state index in [1.807, 2.05) is 54.6 Å². The molecule has 0 fully saturated rings. The van der Waals surface area contributed by atoms with Gasteiger partial charge >= 0.3 is 6.01 Å². The first-order chi connectivity index (χ1) is 19.5. The zero-order valence-corrected chi connectivity index (χ0v) is 21.1. The van der Waals surface area contributed by atoms with Gasteiger partial charge in [-0.25, -0.2) is 4.57 Å². The van der Waals surface area contributed by atoms with E-state index in [-0.39, 0.29) is 45.9 Å². The molecule has 7 aromatic rings. The van der Waals surface area contributed by atoms with Crippen LogP contribution >= 0.6 is 0 Å². The summed E-state index contributed by atoms with van der Waals surface area (Å²) in [5.41, 5.74) is 4.15. The van der Waals surface area contributed by atoms with Gasteiger partial charge in [0.15, 0.2) is 0 Å². The Morgan fingerprint density at radius 3 is 1.93 bits per heavy atom. The molecule has 3 aromatic carbocycles. The Hall–Kier alpha value is -5.64. The van der Waals surface area contributed by atoms with Gasteiger partial charge in [-0.3, -0.25) is 4.57 Å². The molecular weight excluding hydrogens is 510 g/mol. The Balaban J connectivity index is 1.26. The van der Waals surface area contributed by atoms with E-state index >= 15 is 0 Å². The van der Waals surface area contributed by atoms with E-state index < -0.39 is 11.8 Å². The van der Waals surface area contributed by atoms with E-state index in [9.17, 15) is 20.4 Å². The molecule has 4 N–H and O–H groups in total. The van der Waals surface area contributed by atoms with Crippen molar-refractivity contribution in [3.05, 3.63) is 72.8 Å². The second kappa shape index (κ2) is 7.70. The topological polar surface area (TPSA) is 135 Å². The summed E-state index contributed by atoms with van der Waals surface area (Å²) in [5.74, 6) is -1.10. The van der Waals surface area contributed by atoms with Crippen LogP contribution in [-0.2, 0) is 6.54 Å². The van der Waals surface area contributed by atoms with Gasteiger partial charge in [0, 0.05) is 33.9 Å². The Morgan fingerprint density at radius 1 is 0.650 bits per heavy atom. The van der Waals surface area contributed by atoms with Crippen molar-refractivity contribution in [1.82, 2.24) is 23.9 Å². The first-order valence-corrected chi connectivity index (χ1v) is 12.7. The van der Waals surface area contributed by atoms with Gasteiger partial charge in [-0.05, 0) is 43.3 Å². The van der Waals surface area contributed by atoms with Crippen molar-refractivity contribution in [2.45, 2.75) is 13.5 Å². The molecule has 0 saturated carbocycles. The van der Waals surface area contributed by atoms with Crippen LogP contribution in [0.3, 0.4) is 0 Å². The van der Waals surface area contributed by atoms with Crippen molar-refractivity contribution in [1.29, 1.82) is 0 Å². The van der Waals surface area contributed by atoms with Gasteiger partial charge < -0.3 is 29.4 Å². The Bertz CT molecular complexity index is 2100. The van der Waals surface area contributed by atoms with Gasteiger partial charge in [-0.1, -0.05) is 41.5 Å². The van der Waals surface area contributed by atoms with E-state index in [0.29, 0.717) is 11.3 Å². The summed E-state index contributed by atoms with van der Waals surface area (Å²) in [4.78, 5) is 0. The molecule has 0 saturated heterocycles. The summed E-state index contributed by atoms with van der Waals surface area (Å²) >= 11 is 0. The maximum Gasteiger partial charge on any atom is 0.332 e. The average molecular weight is 532 g/mol. The normalized spacial score (nSPS) is 12.1. The molecule has 0 spiro atoms. The molecule has 10 nitrogen and oxygen atoms in total. The third-order valence-electron chi connectivity index (χ3n) is 7.70. The molecule has 0 radical (unpaired) electrons. The highest BCUT2D eigenvalue weighted by Crippen LogP contribution is 2.65. The Labute approximate surface area is 225 Å². The van der Waals surface area contributed by atoms with E-state index in [1.54, 1.807) is 12.1 Å². The maximum absolute atomic E-state index is 11.3. The molecule has 8 rings (SSSR count). The summed E-state index contributed by atoms with van der Waals surface area (Å²) in [6.07, 6.45) is 0. The fraction of sp³-hybridized carbons (Fsp3) is 0.0667. The van der Waals surface area contributed by atoms with Crippen LogP contribution in [0.15, 0.2) is 77.2 Å². The Morgan fingerprint density at radius 2 is 1.25 bits per heavy atom. The van der Waals surface area contributed by atoms with E-state index in [2.05, 4.69) is 27.8 Å². The van der Waals surface area contributed by atoms with E-state index in [0.717, 1.165) is 32.9 Å². The highest BCUT2D eigenvalue weighted by molar-refractivity contribution is 6.13. The molecule has 40 heavy (non-hydrogen) atoms. The average Bonchev–Trinajstić information content (AvgIpc) is 3.65. The fourth-order valence-electron chi connectivity index (χ4n) is 5.93. The molecule has 4 heterocycles. The number of hydrogen-bond donors (Lipinski definition) is 4. The molecule has 1 aliphatic rings. The van der Waals surface area contributed by atoms with Crippen LogP contribution in [0.1, 0.15) is 6.92 Å². The van der Waals surface area contributed by atoms with Crippen molar-refractivity contribution < 1.29 is 24.8 Å². The predicted molar refractivity (Wildman–Crippen MR) is 148 cm³/mol. The van der Waals surface area contributed by atoms with Crippen LogP contribution in [0.5, 0.6) is 23.5 Å². The van der Waals surface area contributed by atoms with Crippen molar-refractivity contribution in [3.63, 3.8) is 0 Å². The van der Waals surface area contributed by atoms with Crippen LogP contribution in [0.2, 0.25) is 0 Å². The molecule has 0 atom stereocenters. The highest BCUT2D eigenvalue weighted by Gasteiger charge is 2.44. The summed E-state index contributed by atoms with van der Waals surface area (Å²) in [7, 11) is 0. The standard InChI is InChI=1S/C30H21N5O5/c1-2-33-19-11-7-6-10-17(19)18-14-16(12-13-20(18)33)34-26(36)21-22(27(34)37)24-23(21)28(38)35(29(24)39)30-32-31-25(40-30)15-8-4-3-5-9-15/h3-14,36-39H,2H2,1H3. The third-order valence-corrected chi connectivity index (χ3v) is 7.70. The minimum Gasteiger partial charge on any atom is -0.494 e. The number of aromatic nitrogens is 5. The zero-order valence-electron chi connectivity index (χ0n) is 21.1. The number of fused-ring (bicyclic) bond motifs is 7. The molecule has 0 bridgehead atoms. The lowest BCUT2D eigenvalue weighted by Crippen LogP contribution is -1.95. The van der Waals surface area contributed by atoms with Crippen LogP contribution in [0.25, 0.3) is 67.2 Å². The van der Waals surface area contributed by atoms with Gasteiger partial charge in [0.05, 0.1) is 27.9 Å². The molecule has 0 amide bonds. The molecule has 1 aliphatic carbocycles. The number of aryl methyl sites for hydroxylation is 1. The summed E-state index contributed by atoms with van der Waals surface area (Å²) in [6, 6.07) is 22.7. The largest absolute Gasteiger partial charge is 0.494 e. The SMILES string of the molecule is CCn1c2ccccc2c2cc(-n3c(O)c4c(c3O)-c3c-4c(O)n(-c4nnc(-c5ccccc5)o4)c3O)ccc21. The van der Waals surface area contributed by atoms with Gasteiger partial charge in [0.25, 0.3) is 0 Å². The summed E-state index contributed by atoms with van der Waals surface area (Å²) in [5, 5.41) is 54.8.